The topological polar surface area (TPSA) is 35.2 Å². The first-order valence-corrected chi connectivity index (χ1v) is 5.37. The van der Waals surface area contributed by atoms with Gasteiger partial charge in [-0.2, -0.15) is 13.2 Å². The minimum absolute atomic E-state index is 0.123. The molecule has 20 heavy (non-hydrogen) atoms. The number of alkyl halides is 3. The molecule has 0 bridgehead atoms. The van der Waals surface area contributed by atoms with Gasteiger partial charge in [-0.25, -0.2) is 8.78 Å². The van der Waals surface area contributed by atoms with E-state index in [0.29, 0.717) is 6.07 Å². The van der Waals surface area contributed by atoms with Crippen molar-refractivity contribution in [3.63, 3.8) is 0 Å². The smallest absolute Gasteiger partial charge is 0.418 e. The molecule has 0 atom stereocenters. The predicted octanol–water partition coefficient (Wildman–Crippen LogP) is 4.36. The van der Waals surface area contributed by atoms with Gasteiger partial charge in [0.05, 0.1) is 5.56 Å². The van der Waals surface area contributed by atoms with E-state index >= 15 is 0 Å². The molecule has 0 heterocycles. The summed E-state index contributed by atoms with van der Waals surface area (Å²) in [6.45, 7) is 0. The largest absolute Gasteiger partial charge is 0.457 e. The summed E-state index contributed by atoms with van der Waals surface area (Å²) in [6, 6.07) is 5.56. The zero-order valence-corrected chi connectivity index (χ0v) is 9.84. The molecule has 0 radical (unpaired) electrons. The zero-order valence-electron chi connectivity index (χ0n) is 9.84. The van der Waals surface area contributed by atoms with Crippen LogP contribution in [0.4, 0.5) is 27.6 Å². The summed E-state index contributed by atoms with van der Waals surface area (Å²) in [6.07, 6.45) is -4.63. The van der Waals surface area contributed by atoms with E-state index in [-0.39, 0.29) is 11.5 Å². The molecule has 0 saturated carbocycles. The fourth-order valence-corrected chi connectivity index (χ4v) is 1.52. The average Bonchev–Trinajstić information content (AvgIpc) is 2.35. The van der Waals surface area contributed by atoms with Crippen LogP contribution >= 0.6 is 0 Å². The van der Waals surface area contributed by atoms with Gasteiger partial charge in [0.25, 0.3) is 0 Å². The van der Waals surface area contributed by atoms with Gasteiger partial charge in [-0.05, 0) is 30.3 Å². The fourth-order valence-electron chi connectivity index (χ4n) is 1.52. The molecular formula is C13H8F5NO. The van der Waals surface area contributed by atoms with E-state index in [1.165, 1.54) is 6.07 Å². The molecule has 0 fully saturated rings. The van der Waals surface area contributed by atoms with Crippen LogP contribution in [0.5, 0.6) is 11.5 Å². The van der Waals surface area contributed by atoms with Crippen molar-refractivity contribution in [1.82, 2.24) is 0 Å². The Morgan fingerprint density at radius 3 is 2.05 bits per heavy atom. The van der Waals surface area contributed by atoms with Gasteiger partial charge in [0.2, 0.25) is 0 Å². The number of hydrogen-bond acceptors (Lipinski definition) is 2. The first-order valence-electron chi connectivity index (χ1n) is 5.37. The van der Waals surface area contributed by atoms with Crippen molar-refractivity contribution < 1.29 is 26.7 Å². The summed E-state index contributed by atoms with van der Waals surface area (Å²) >= 11 is 0. The quantitative estimate of drug-likeness (QED) is 0.658. The Labute approximate surface area is 110 Å². The monoisotopic (exact) mass is 289 g/mol. The molecule has 0 aliphatic heterocycles. The van der Waals surface area contributed by atoms with Crippen LogP contribution in [-0.2, 0) is 6.18 Å². The number of ether oxygens (including phenoxy) is 1. The van der Waals surface area contributed by atoms with Gasteiger partial charge in [0.15, 0.2) is 11.6 Å². The Hall–Kier alpha value is -2.31. The van der Waals surface area contributed by atoms with Crippen molar-refractivity contribution in [1.29, 1.82) is 0 Å². The molecule has 0 saturated heterocycles. The van der Waals surface area contributed by atoms with Gasteiger partial charge in [0, 0.05) is 11.8 Å². The lowest BCUT2D eigenvalue weighted by Gasteiger charge is -2.12. The molecule has 106 valence electrons. The zero-order chi connectivity index (χ0) is 14.9. The first kappa shape index (κ1) is 14.1. The average molecular weight is 289 g/mol. The number of anilines is 1. The molecule has 0 spiro atoms. The molecule has 2 N–H and O–H groups in total. The maximum Gasteiger partial charge on any atom is 0.418 e. The fraction of sp³-hybridized carbons (Fsp3) is 0.0769. The van der Waals surface area contributed by atoms with E-state index in [9.17, 15) is 22.0 Å². The molecule has 0 aromatic heterocycles. The Bertz CT molecular complexity index is 639. The Kier molecular flexibility index (Phi) is 3.52. The highest BCUT2D eigenvalue weighted by Gasteiger charge is 2.33. The summed E-state index contributed by atoms with van der Waals surface area (Å²) < 4.78 is 68.6. The van der Waals surface area contributed by atoms with Gasteiger partial charge >= 0.3 is 6.18 Å². The number of hydrogen-bond donors (Lipinski definition) is 1. The van der Waals surface area contributed by atoms with E-state index in [1.807, 2.05) is 0 Å². The minimum atomic E-state index is -4.63. The van der Waals surface area contributed by atoms with Crippen molar-refractivity contribution in [3.05, 3.63) is 53.6 Å². The molecule has 2 rings (SSSR count). The molecule has 2 nitrogen and oxygen atoms in total. The molecule has 2 aromatic carbocycles. The van der Waals surface area contributed by atoms with E-state index in [4.69, 9.17) is 10.5 Å². The van der Waals surface area contributed by atoms with Crippen molar-refractivity contribution in [3.8, 4) is 11.5 Å². The highest BCUT2D eigenvalue weighted by Crippen LogP contribution is 2.36. The first-order chi connectivity index (χ1) is 9.27. The van der Waals surface area contributed by atoms with Gasteiger partial charge in [-0.15, -0.1) is 0 Å². The lowest BCUT2D eigenvalue weighted by Crippen LogP contribution is -2.08. The summed E-state index contributed by atoms with van der Waals surface area (Å²) in [5.74, 6) is -2.54. The third-order valence-electron chi connectivity index (χ3n) is 2.46. The van der Waals surface area contributed by atoms with Crippen LogP contribution in [0, 0.1) is 11.6 Å². The van der Waals surface area contributed by atoms with Gasteiger partial charge < -0.3 is 10.5 Å². The van der Waals surface area contributed by atoms with Crippen LogP contribution in [0.25, 0.3) is 0 Å². The second kappa shape index (κ2) is 4.99. The molecule has 0 unspecified atom stereocenters. The van der Waals surface area contributed by atoms with Crippen LogP contribution in [0.3, 0.4) is 0 Å². The number of rotatable bonds is 2. The molecule has 0 aliphatic rings. The van der Waals surface area contributed by atoms with Crippen LogP contribution < -0.4 is 10.5 Å². The number of nitrogens with two attached hydrogens (primary N) is 1. The lowest BCUT2D eigenvalue weighted by atomic mass is 10.1. The summed E-state index contributed by atoms with van der Waals surface area (Å²) in [5, 5.41) is 0. The summed E-state index contributed by atoms with van der Waals surface area (Å²) in [5.41, 5.74) is 3.72. The van der Waals surface area contributed by atoms with E-state index in [0.717, 1.165) is 24.3 Å². The molecular weight excluding hydrogens is 281 g/mol. The van der Waals surface area contributed by atoms with E-state index < -0.39 is 29.1 Å². The molecule has 0 amide bonds. The van der Waals surface area contributed by atoms with Crippen LogP contribution in [0.2, 0.25) is 0 Å². The lowest BCUT2D eigenvalue weighted by molar-refractivity contribution is -0.137. The Balaban J connectivity index is 2.32. The third-order valence-corrected chi connectivity index (χ3v) is 2.46. The van der Waals surface area contributed by atoms with Gasteiger partial charge in [-0.1, -0.05) is 0 Å². The van der Waals surface area contributed by atoms with Crippen molar-refractivity contribution >= 4 is 5.69 Å². The van der Waals surface area contributed by atoms with Gasteiger partial charge in [-0.3, -0.25) is 0 Å². The van der Waals surface area contributed by atoms with Crippen LogP contribution in [0.15, 0.2) is 36.4 Å². The number of halogens is 5. The number of benzene rings is 2. The maximum atomic E-state index is 13.0. The second-order valence-electron chi connectivity index (χ2n) is 3.92. The normalized spacial score (nSPS) is 11.4. The highest BCUT2D eigenvalue weighted by atomic mass is 19.4. The maximum absolute atomic E-state index is 13.0. The number of nitrogen functional groups attached to an aromatic ring is 1. The van der Waals surface area contributed by atoms with Gasteiger partial charge in [0.1, 0.15) is 11.5 Å². The van der Waals surface area contributed by atoms with E-state index in [1.54, 1.807) is 0 Å². The SMILES string of the molecule is Nc1ccc(Oc2ccc(F)c(F)c2)cc1C(F)(F)F. The third kappa shape index (κ3) is 2.98. The van der Waals surface area contributed by atoms with Crippen LogP contribution in [-0.4, -0.2) is 0 Å². The molecule has 7 heteroatoms. The Morgan fingerprint density at radius 2 is 1.45 bits per heavy atom. The second-order valence-corrected chi connectivity index (χ2v) is 3.92. The molecule has 0 aliphatic carbocycles. The van der Waals surface area contributed by atoms with Crippen molar-refractivity contribution in [2.75, 3.05) is 5.73 Å². The van der Waals surface area contributed by atoms with Crippen LogP contribution in [0.1, 0.15) is 5.56 Å². The molecule has 2 aromatic rings. The van der Waals surface area contributed by atoms with Crippen molar-refractivity contribution in [2.24, 2.45) is 0 Å². The summed E-state index contributed by atoms with van der Waals surface area (Å²) in [4.78, 5) is 0. The minimum Gasteiger partial charge on any atom is -0.457 e. The standard InChI is InChI=1S/C13H8F5NO/c14-10-3-1-8(6-11(10)15)20-7-2-4-12(19)9(5-7)13(16,17)18/h1-6H,19H2. The summed E-state index contributed by atoms with van der Waals surface area (Å²) in [7, 11) is 0. The highest BCUT2D eigenvalue weighted by molar-refractivity contribution is 5.52. The predicted molar refractivity (Wildman–Crippen MR) is 62.3 cm³/mol. The van der Waals surface area contributed by atoms with Crippen molar-refractivity contribution in [2.45, 2.75) is 6.18 Å². The Morgan fingerprint density at radius 1 is 0.850 bits per heavy atom. The van der Waals surface area contributed by atoms with E-state index in [2.05, 4.69) is 0 Å².